The number of fused-ring (bicyclic) bond motifs is 4. The third kappa shape index (κ3) is 3.79. The van der Waals surface area contributed by atoms with Crippen LogP contribution >= 0.6 is 0 Å². The Morgan fingerprint density at radius 3 is 1.76 bits per heavy atom. The Kier molecular flexibility index (Phi) is 5.83. The Morgan fingerprint density at radius 2 is 1.11 bits per heavy atom. The third-order valence-electron chi connectivity index (χ3n) is 9.28. The molecule has 1 aromatic heterocycles. The van der Waals surface area contributed by atoms with Gasteiger partial charge in [-0.3, -0.25) is 4.57 Å². The fourth-order valence-electron chi connectivity index (χ4n) is 7.29. The third-order valence-corrected chi connectivity index (χ3v) is 11.1. The van der Waals surface area contributed by atoms with E-state index in [1.165, 1.54) is 16.7 Å². The van der Waals surface area contributed by atoms with E-state index in [1.54, 1.807) is 18.2 Å². The molecule has 4 nitrogen and oxygen atoms in total. The van der Waals surface area contributed by atoms with Crippen LogP contribution in [0.2, 0.25) is 0 Å². The van der Waals surface area contributed by atoms with Gasteiger partial charge in [0.2, 0.25) is 9.84 Å². The molecule has 1 aliphatic heterocycles. The first-order chi connectivity index (χ1) is 22.5. The lowest BCUT2D eigenvalue weighted by molar-refractivity contribution is 0.594. The maximum atomic E-state index is 13.9. The summed E-state index contributed by atoms with van der Waals surface area (Å²) in [7, 11) is -3.72. The van der Waals surface area contributed by atoms with Gasteiger partial charge < -0.3 is 0 Å². The van der Waals surface area contributed by atoms with Crippen molar-refractivity contribution in [2.24, 2.45) is 0 Å². The van der Waals surface area contributed by atoms with E-state index in [2.05, 4.69) is 109 Å². The highest BCUT2D eigenvalue weighted by atomic mass is 32.2. The van der Waals surface area contributed by atoms with Crippen LogP contribution in [-0.4, -0.2) is 18.0 Å². The van der Waals surface area contributed by atoms with Crippen LogP contribution in [0.25, 0.3) is 71.6 Å². The van der Waals surface area contributed by atoms with Crippen molar-refractivity contribution in [1.82, 2.24) is 9.55 Å². The van der Waals surface area contributed by atoms with Crippen molar-refractivity contribution in [3.05, 3.63) is 145 Å². The van der Waals surface area contributed by atoms with Gasteiger partial charge in [0.15, 0.2) is 0 Å². The van der Waals surface area contributed by atoms with E-state index in [0.717, 1.165) is 44.1 Å². The average molecular weight is 613 g/mol. The Labute approximate surface area is 267 Å². The number of para-hydroxylation sites is 1. The summed E-state index contributed by atoms with van der Waals surface area (Å²) in [6.07, 6.45) is 0.681. The SMILES string of the molecule is CCc1nc2cccc3c2n1-c1cc(-c2c4ccccc4c(-c4cccc(-c5ccccc5)c4)c4ccccc24)ccc1S3(=O)=O. The molecule has 0 spiro atoms. The molecular formula is C41H28N2O2S. The first kappa shape index (κ1) is 26.8. The van der Waals surface area contributed by atoms with E-state index in [1.807, 2.05) is 24.3 Å². The van der Waals surface area contributed by atoms with Crippen molar-refractivity contribution in [3.8, 4) is 39.1 Å². The summed E-state index contributed by atoms with van der Waals surface area (Å²) in [4.78, 5) is 5.47. The molecule has 0 atom stereocenters. The van der Waals surface area contributed by atoms with E-state index in [0.29, 0.717) is 32.9 Å². The molecule has 5 heteroatoms. The van der Waals surface area contributed by atoms with Crippen molar-refractivity contribution in [1.29, 1.82) is 0 Å². The molecule has 7 aromatic carbocycles. The van der Waals surface area contributed by atoms with E-state index in [4.69, 9.17) is 4.98 Å². The number of nitrogens with zero attached hydrogens (tertiary/aromatic N) is 2. The molecule has 0 saturated heterocycles. The van der Waals surface area contributed by atoms with Crippen molar-refractivity contribution in [2.45, 2.75) is 23.1 Å². The molecule has 0 fully saturated rings. The average Bonchev–Trinajstić information content (AvgIpc) is 3.49. The summed E-state index contributed by atoms with van der Waals surface area (Å²) in [6, 6.07) is 47.5. The maximum Gasteiger partial charge on any atom is 0.210 e. The molecule has 9 rings (SSSR count). The van der Waals surface area contributed by atoms with Crippen molar-refractivity contribution >= 4 is 42.4 Å². The summed E-state index contributed by atoms with van der Waals surface area (Å²) in [5.74, 6) is 0.846. The number of sulfone groups is 1. The fourth-order valence-corrected chi connectivity index (χ4v) is 8.90. The molecule has 0 unspecified atom stereocenters. The van der Waals surface area contributed by atoms with E-state index in [9.17, 15) is 8.42 Å². The predicted octanol–water partition coefficient (Wildman–Crippen LogP) is 10.0. The molecule has 2 heterocycles. The number of benzene rings is 7. The molecule has 220 valence electrons. The first-order valence-electron chi connectivity index (χ1n) is 15.5. The second kappa shape index (κ2) is 9.99. The Hall–Kier alpha value is -5.52. The van der Waals surface area contributed by atoms with Crippen LogP contribution in [-0.2, 0) is 16.3 Å². The molecule has 0 aliphatic carbocycles. The van der Waals surface area contributed by atoms with Crippen LogP contribution in [0.3, 0.4) is 0 Å². The minimum Gasteiger partial charge on any atom is -0.294 e. The van der Waals surface area contributed by atoms with Gasteiger partial charge in [0.05, 0.1) is 26.5 Å². The molecule has 0 bridgehead atoms. The molecule has 0 N–H and O–H groups in total. The van der Waals surface area contributed by atoms with Gasteiger partial charge in [-0.15, -0.1) is 0 Å². The van der Waals surface area contributed by atoms with E-state index >= 15 is 0 Å². The highest BCUT2D eigenvalue weighted by Crippen LogP contribution is 2.46. The number of hydrogen-bond donors (Lipinski definition) is 0. The normalized spacial score (nSPS) is 13.3. The first-order valence-corrected chi connectivity index (χ1v) is 17.0. The zero-order chi connectivity index (χ0) is 31.0. The zero-order valence-corrected chi connectivity index (χ0v) is 25.9. The standard InChI is InChI=1S/C41H28N2O2S/c1-2-38-42-34-20-11-21-37-41(34)43(38)35-25-29(22-23-36(35)46(37,44)45)40-32-18-8-6-16-30(32)39(31-17-7-9-19-33(31)40)28-15-10-14-27(24-28)26-12-4-3-5-13-26/h3-25H,2H2,1H3. The van der Waals surface area contributed by atoms with E-state index < -0.39 is 9.84 Å². The topological polar surface area (TPSA) is 52.0 Å². The quantitative estimate of drug-likeness (QED) is 0.186. The van der Waals surface area contributed by atoms with Crippen LogP contribution in [0.4, 0.5) is 0 Å². The summed E-state index contributed by atoms with van der Waals surface area (Å²) in [5, 5.41) is 4.53. The Morgan fingerprint density at radius 1 is 0.543 bits per heavy atom. The second-order valence-corrected chi connectivity index (χ2v) is 13.7. The van der Waals surface area contributed by atoms with Gasteiger partial charge in [-0.25, -0.2) is 13.4 Å². The minimum absolute atomic E-state index is 0.312. The number of aryl methyl sites for hydroxylation is 1. The number of rotatable bonds is 4. The fraction of sp³-hybridized carbons (Fsp3) is 0.0488. The molecule has 46 heavy (non-hydrogen) atoms. The lowest BCUT2D eigenvalue weighted by atomic mass is 9.85. The van der Waals surface area contributed by atoms with Crippen molar-refractivity contribution < 1.29 is 8.42 Å². The smallest absolute Gasteiger partial charge is 0.210 e. The molecule has 8 aromatic rings. The Balaban J connectivity index is 1.34. The van der Waals surface area contributed by atoms with Crippen LogP contribution in [0.15, 0.2) is 149 Å². The monoisotopic (exact) mass is 612 g/mol. The van der Waals surface area contributed by atoms with Gasteiger partial charge in [0, 0.05) is 6.42 Å². The lowest BCUT2D eigenvalue weighted by Crippen LogP contribution is -2.16. The Bertz CT molecular complexity index is 2580. The van der Waals surface area contributed by atoms with Crippen molar-refractivity contribution in [3.63, 3.8) is 0 Å². The molecule has 0 radical (unpaired) electrons. The number of imidazole rings is 1. The van der Waals surface area contributed by atoms with Crippen LogP contribution < -0.4 is 0 Å². The highest BCUT2D eigenvalue weighted by Gasteiger charge is 2.33. The van der Waals surface area contributed by atoms with Gasteiger partial charge >= 0.3 is 0 Å². The lowest BCUT2D eigenvalue weighted by Gasteiger charge is -2.23. The van der Waals surface area contributed by atoms with Crippen molar-refractivity contribution in [2.75, 3.05) is 0 Å². The largest absolute Gasteiger partial charge is 0.294 e. The van der Waals surface area contributed by atoms with Gasteiger partial charge in [0.25, 0.3) is 0 Å². The number of aromatic nitrogens is 2. The van der Waals surface area contributed by atoms with Crippen LogP contribution in [0, 0.1) is 0 Å². The summed E-state index contributed by atoms with van der Waals surface area (Å²) >= 11 is 0. The molecule has 0 amide bonds. The van der Waals surface area contributed by atoms with Gasteiger partial charge in [-0.05, 0) is 85.3 Å². The second-order valence-electron chi connectivity index (χ2n) is 11.8. The molecule has 0 saturated carbocycles. The van der Waals surface area contributed by atoms with Gasteiger partial charge in [-0.2, -0.15) is 0 Å². The maximum absolute atomic E-state index is 13.9. The van der Waals surface area contributed by atoms with Gasteiger partial charge in [0.1, 0.15) is 5.82 Å². The number of hydrogen-bond acceptors (Lipinski definition) is 3. The van der Waals surface area contributed by atoms with Crippen LogP contribution in [0.1, 0.15) is 12.7 Å². The van der Waals surface area contributed by atoms with E-state index in [-0.39, 0.29) is 0 Å². The summed E-state index contributed by atoms with van der Waals surface area (Å²) in [6.45, 7) is 2.06. The molecular weight excluding hydrogens is 585 g/mol. The summed E-state index contributed by atoms with van der Waals surface area (Å²) < 4.78 is 29.9. The summed E-state index contributed by atoms with van der Waals surface area (Å²) in [5.41, 5.74) is 8.76. The highest BCUT2D eigenvalue weighted by molar-refractivity contribution is 7.92. The molecule has 1 aliphatic rings. The minimum atomic E-state index is -3.72. The zero-order valence-electron chi connectivity index (χ0n) is 25.1. The van der Waals surface area contributed by atoms with Crippen LogP contribution in [0.5, 0.6) is 0 Å². The predicted molar refractivity (Wildman–Crippen MR) is 187 cm³/mol. The van der Waals surface area contributed by atoms with Gasteiger partial charge in [-0.1, -0.05) is 116 Å².